The zero-order chi connectivity index (χ0) is 13.3. The van der Waals surface area contributed by atoms with E-state index < -0.39 is 0 Å². The molecule has 0 aromatic heterocycles. The number of amides is 1. The predicted octanol–water partition coefficient (Wildman–Crippen LogP) is 1.23. The molecule has 0 saturated heterocycles. The van der Waals surface area contributed by atoms with Crippen LogP contribution in [0, 0.1) is 0 Å². The molecule has 4 heteroatoms. The van der Waals surface area contributed by atoms with Crippen LogP contribution in [0.15, 0.2) is 18.2 Å². The second-order valence-corrected chi connectivity index (χ2v) is 4.97. The SMILES string of the molecule is CC(=O)CN(C)Cc1ccc2c(c1)CC(=O)N2C. The lowest BCUT2D eigenvalue weighted by molar-refractivity contribution is -0.118. The lowest BCUT2D eigenvalue weighted by Gasteiger charge is -2.16. The minimum Gasteiger partial charge on any atom is -0.315 e. The van der Waals surface area contributed by atoms with Crippen LogP contribution in [0.4, 0.5) is 5.69 Å². The minimum atomic E-state index is 0.138. The summed E-state index contributed by atoms with van der Waals surface area (Å²) in [6.07, 6.45) is 0.482. The van der Waals surface area contributed by atoms with E-state index in [-0.39, 0.29) is 11.7 Å². The minimum absolute atomic E-state index is 0.138. The standard InChI is InChI=1S/C14H18N2O2/c1-10(17)8-15(2)9-11-4-5-13-12(6-11)7-14(18)16(13)3/h4-6H,7-9H2,1-3H3. The van der Waals surface area contributed by atoms with E-state index in [1.165, 1.54) is 0 Å². The van der Waals surface area contributed by atoms with Crippen LogP contribution in [0.2, 0.25) is 0 Å². The van der Waals surface area contributed by atoms with Crippen molar-refractivity contribution in [2.24, 2.45) is 0 Å². The number of fused-ring (bicyclic) bond motifs is 1. The van der Waals surface area contributed by atoms with Crippen LogP contribution < -0.4 is 4.90 Å². The van der Waals surface area contributed by atoms with Crippen molar-refractivity contribution in [1.29, 1.82) is 0 Å². The van der Waals surface area contributed by atoms with Crippen molar-refractivity contribution < 1.29 is 9.59 Å². The maximum atomic E-state index is 11.6. The molecular formula is C14H18N2O2. The fourth-order valence-corrected chi connectivity index (χ4v) is 2.37. The van der Waals surface area contributed by atoms with Crippen molar-refractivity contribution in [3.63, 3.8) is 0 Å². The number of carbonyl (C=O) groups is 2. The van der Waals surface area contributed by atoms with Gasteiger partial charge in [-0.3, -0.25) is 14.5 Å². The summed E-state index contributed by atoms with van der Waals surface area (Å²) in [6, 6.07) is 6.06. The highest BCUT2D eigenvalue weighted by molar-refractivity contribution is 6.00. The smallest absolute Gasteiger partial charge is 0.231 e. The number of ketones is 1. The second-order valence-electron chi connectivity index (χ2n) is 4.97. The molecule has 0 atom stereocenters. The van der Waals surface area contributed by atoms with Gasteiger partial charge in [-0.15, -0.1) is 0 Å². The van der Waals surface area contributed by atoms with Gasteiger partial charge in [-0.2, -0.15) is 0 Å². The number of carbonyl (C=O) groups excluding carboxylic acids is 2. The average Bonchev–Trinajstić information content (AvgIpc) is 2.53. The summed E-state index contributed by atoms with van der Waals surface area (Å²) in [5.41, 5.74) is 3.22. The molecule has 18 heavy (non-hydrogen) atoms. The van der Waals surface area contributed by atoms with Crippen LogP contribution in [-0.4, -0.2) is 37.2 Å². The van der Waals surface area contributed by atoms with Crippen LogP contribution >= 0.6 is 0 Å². The third kappa shape index (κ3) is 2.59. The Kier molecular flexibility index (Phi) is 3.48. The molecule has 1 aromatic carbocycles. The Morgan fingerprint density at radius 1 is 1.44 bits per heavy atom. The summed E-state index contributed by atoms with van der Waals surface area (Å²) in [5, 5.41) is 0. The van der Waals surface area contributed by atoms with Gasteiger partial charge in [0.15, 0.2) is 0 Å². The van der Waals surface area contributed by atoms with Gasteiger partial charge in [0.2, 0.25) is 5.91 Å². The predicted molar refractivity (Wildman–Crippen MR) is 70.6 cm³/mol. The van der Waals surface area contributed by atoms with Crippen LogP contribution in [0.1, 0.15) is 18.1 Å². The summed E-state index contributed by atoms with van der Waals surface area (Å²) in [6.45, 7) is 2.77. The molecule has 1 aromatic rings. The molecule has 1 aliphatic rings. The van der Waals surface area contributed by atoms with E-state index in [0.717, 1.165) is 23.4 Å². The molecule has 0 aliphatic carbocycles. The number of Topliss-reactive ketones (excluding diaryl/α,β-unsaturated/α-hetero) is 1. The molecule has 0 fully saturated rings. The van der Waals surface area contributed by atoms with Gasteiger partial charge in [0.25, 0.3) is 0 Å². The Hall–Kier alpha value is -1.68. The Bertz CT molecular complexity index is 497. The van der Waals surface area contributed by atoms with E-state index in [1.54, 1.807) is 18.9 Å². The van der Waals surface area contributed by atoms with Gasteiger partial charge in [-0.25, -0.2) is 0 Å². The normalized spacial score (nSPS) is 14.2. The summed E-state index contributed by atoms with van der Waals surface area (Å²) in [7, 11) is 3.72. The maximum absolute atomic E-state index is 11.6. The fourth-order valence-electron chi connectivity index (χ4n) is 2.37. The number of benzene rings is 1. The lowest BCUT2D eigenvalue weighted by atomic mass is 10.1. The number of likely N-dealkylation sites (N-methyl/N-ethyl adjacent to an activating group) is 2. The van der Waals surface area contributed by atoms with Crippen molar-refractivity contribution in [3.8, 4) is 0 Å². The van der Waals surface area contributed by atoms with Crippen molar-refractivity contribution in [3.05, 3.63) is 29.3 Å². The zero-order valence-corrected chi connectivity index (χ0v) is 11.1. The van der Waals surface area contributed by atoms with Crippen molar-refractivity contribution in [1.82, 2.24) is 4.90 Å². The van der Waals surface area contributed by atoms with Crippen LogP contribution in [-0.2, 0) is 22.6 Å². The molecule has 0 radical (unpaired) electrons. The Morgan fingerprint density at radius 2 is 2.17 bits per heavy atom. The van der Waals surface area contributed by atoms with E-state index in [0.29, 0.717) is 13.0 Å². The highest BCUT2D eigenvalue weighted by atomic mass is 16.2. The summed E-state index contributed by atoms with van der Waals surface area (Å²) in [4.78, 5) is 26.3. The molecule has 0 spiro atoms. The highest BCUT2D eigenvalue weighted by Crippen LogP contribution is 2.28. The number of hydrogen-bond acceptors (Lipinski definition) is 3. The number of anilines is 1. The summed E-state index contributed by atoms with van der Waals surface area (Å²) >= 11 is 0. The monoisotopic (exact) mass is 246 g/mol. The summed E-state index contributed by atoms with van der Waals surface area (Å²) < 4.78 is 0. The van der Waals surface area contributed by atoms with Gasteiger partial charge in [0, 0.05) is 19.3 Å². The van der Waals surface area contributed by atoms with Crippen molar-refractivity contribution in [2.45, 2.75) is 19.9 Å². The van der Waals surface area contributed by atoms with Gasteiger partial charge in [0.05, 0.1) is 13.0 Å². The first-order chi connectivity index (χ1) is 8.47. The van der Waals surface area contributed by atoms with E-state index in [9.17, 15) is 9.59 Å². The quantitative estimate of drug-likeness (QED) is 0.802. The number of nitrogens with zero attached hydrogens (tertiary/aromatic N) is 2. The third-order valence-electron chi connectivity index (χ3n) is 3.17. The van der Waals surface area contributed by atoms with Gasteiger partial charge >= 0.3 is 0 Å². The molecule has 0 N–H and O–H groups in total. The molecule has 0 bridgehead atoms. The third-order valence-corrected chi connectivity index (χ3v) is 3.17. The number of hydrogen-bond donors (Lipinski definition) is 0. The Balaban J connectivity index is 2.11. The first-order valence-corrected chi connectivity index (χ1v) is 6.03. The van der Waals surface area contributed by atoms with E-state index in [1.807, 2.05) is 24.1 Å². The van der Waals surface area contributed by atoms with E-state index in [2.05, 4.69) is 6.07 Å². The first-order valence-electron chi connectivity index (χ1n) is 6.03. The van der Waals surface area contributed by atoms with E-state index in [4.69, 9.17) is 0 Å². The molecule has 4 nitrogen and oxygen atoms in total. The molecule has 0 saturated carbocycles. The molecule has 2 rings (SSSR count). The van der Waals surface area contributed by atoms with Gasteiger partial charge < -0.3 is 4.90 Å². The largest absolute Gasteiger partial charge is 0.315 e. The lowest BCUT2D eigenvalue weighted by Crippen LogP contribution is -2.23. The van der Waals surface area contributed by atoms with E-state index >= 15 is 0 Å². The molecule has 1 amide bonds. The Morgan fingerprint density at radius 3 is 2.83 bits per heavy atom. The maximum Gasteiger partial charge on any atom is 0.231 e. The highest BCUT2D eigenvalue weighted by Gasteiger charge is 2.23. The molecular weight excluding hydrogens is 228 g/mol. The average molecular weight is 246 g/mol. The molecule has 96 valence electrons. The Labute approximate surface area is 107 Å². The van der Waals surface area contributed by atoms with Crippen LogP contribution in [0.3, 0.4) is 0 Å². The van der Waals surface area contributed by atoms with Gasteiger partial charge in [0.1, 0.15) is 5.78 Å². The molecule has 1 aliphatic heterocycles. The van der Waals surface area contributed by atoms with Crippen LogP contribution in [0.5, 0.6) is 0 Å². The van der Waals surface area contributed by atoms with Gasteiger partial charge in [-0.1, -0.05) is 12.1 Å². The molecule has 0 unspecified atom stereocenters. The first kappa shape index (κ1) is 12.8. The molecule has 1 heterocycles. The van der Waals surface area contributed by atoms with Crippen molar-refractivity contribution in [2.75, 3.05) is 25.5 Å². The number of rotatable bonds is 4. The zero-order valence-electron chi connectivity index (χ0n) is 11.1. The topological polar surface area (TPSA) is 40.6 Å². The van der Waals surface area contributed by atoms with Crippen LogP contribution in [0.25, 0.3) is 0 Å². The van der Waals surface area contributed by atoms with Gasteiger partial charge in [-0.05, 0) is 31.2 Å². The van der Waals surface area contributed by atoms with Crippen molar-refractivity contribution >= 4 is 17.4 Å². The summed E-state index contributed by atoms with van der Waals surface area (Å²) in [5.74, 6) is 0.299. The second kappa shape index (κ2) is 4.90. The fraction of sp³-hybridized carbons (Fsp3) is 0.429.